The summed E-state index contributed by atoms with van der Waals surface area (Å²) in [5.41, 5.74) is 4.96. The summed E-state index contributed by atoms with van der Waals surface area (Å²) in [6.45, 7) is 2.09. The fourth-order valence-electron chi connectivity index (χ4n) is 1.36. The van der Waals surface area contributed by atoms with Crippen molar-refractivity contribution in [2.75, 3.05) is 5.43 Å². The van der Waals surface area contributed by atoms with Crippen molar-refractivity contribution >= 4 is 25.8 Å². The lowest BCUT2D eigenvalue weighted by Gasteiger charge is -1.87. The van der Waals surface area contributed by atoms with Crippen LogP contribution >= 0.6 is 10.5 Å². The van der Waals surface area contributed by atoms with Crippen LogP contribution in [0, 0.1) is 6.92 Å². The SMILES string of the molecule is Cc1ccc2nc(NN)[s+](C)c2c1. The number of nitrogens with zero attached hydrogens (tertiary/aromatic N) is 1. The van der Waals surface area contributed by atoms with Crippen LogP contribution in [0.15, 0.2) is 18.2 Å². The molecule has 0 aliphatic rings. The molecule has 0 fully saturated rings. The van der Waals surface area contributed by atoms with E-state index in [-0.39, 0.29) is 10.5 Å². The van der Waals surface area contributed by atoms with Crippen LogP contribution in [-0.4, -0.2) is 4.98 Å². The number of hydrogen-bond donors (Lipinski definition) is 2. The predicted molar refractivity (Wildman–Crippen MR) is 57.8 cm³/mol. The minimum atomic E-state index is 0.0180. The summed E-state index contributed by atoms with van der Waals surface area (Å²) in [5.74, 6) is 5.37. The molecular weight excluding hydrogens is 182 g/mol. The molecule has 1 aromatic heterocycles. The van der Waals surface area contributed by atoms with E-state index < -0.39 is 0 Å². The van der Waals surface area contributed by atoms with E-state index in [0.29, 0.717) is 0 Å². The molecule has 0 saturated heterocycles. The molecule has 1 atom stereocenters. The van der Waals surface area contributed by atoms with Gasteiger partial charge in [-0.3, -0.25) is 5.43 Å². The smallest absolute Gasteiger partial charge is 0.263 e. The maximum atomic E-state index is 5.37. The molecule has 4 heteroatoms. The van der Waals surface area contributed by atoms with Gasteiger partial charge in [0.15, 0.2) is 0 Å². The Morgan fingerprint density at radius 1 is 1.46 bits per heavy atom. The van der Waals surface area contributed by atoms with Gasteiger partial charge in [0.1, 0.15) is 11.8 Å². The predicted octanol–water partition coefficient (Wildman–Crippen LogP) is 2.11. The maximum absolute atomic E-state index is 5.37. The first-order valence-corrected chi connectivity index (χ1v) is 5.67. The Hall–Kier alpha value is -1.13. The number of fused-ring (bicyclic) bond motifs is 1. The van der Waals surface area contributed by atoms with E-state index in [1.807, 2.05) is 6.07 Å². The molecule has 3 N–H and O–H groups in total. The van der Waals surface area contributed by atoms with Crippen LogP contribution in [0.1, 0.15) is 5.56 Å². The third-order valence-corrected chi connectivity index (χ3v) is 3.86. The molecule has 13 heavy (non-hydrogen) atoms. The molecule has 1 aromatic carbocycles. The van der Waals surface area contributed by atoms with Crippen molar-refractivity contribution in [1.29, 1.82) is 0 Å². The highest BCUT2D eigenvalue weighted by molar-refractivity contribution is 7.38. The zero-order valence-corrected chi connectivity index (χ0v) is 8.48. The Morgan fingerprint density at radius 3 is 2.92 bits per heavy atom. The standard InChI is InChI=1S/C9H12N3S/c1-6-3-4-7-8(5-6)13(2)9(11-7)12-10/h3-5H,10H2,1-2H3,(H,11,12)/q+1. The Balaban J connectivity index is 2.77. The second-order valence-electron chi connectivity index (χ2n) is 3.04. The second kappa shape index (κ2) is 2.97. The highest BCUT2D eigenvalue weighted by atomic mass is 32.2. The number of hydrazine groups is 1. The van der Waals surface area contributed by atoms with Crippen LogP contribution in [-0.2, 0) is 6.26 Å². The zero-order valence-electron chi connectivity index (χ0n) is 7.66. The molecule has 0 saturated carbocycles. The molecule has 68 valence electrons. The van der Waals surface area contributed by atoms with Gasteiger partial charge in [-0.05, 0) is 18.6 Å². The number of nitrogen functional groups attached to an aromatic ring is 1. The molecule has 1 unspecified atom stereocenters. The molecule has 1 heterocycles. The van der Waals surface area contributed by atoms with Crippen molar-refractivity contribution in [2.45, 2.75) is 6.92 Å². The average molecular weight is 194 g/mol. The van der Waals surface area contributed by atoms with E-state index >= 15 is 0 Å². The summed E-state index contributed by atoms with van der Waals surface area (Å²) in [6, 6.07) is 6.28. The minimum absolute atomic E-state index is 0.0180. The van der Waals surface area contributed by atoms with Gasteiger partial charge in [0.05, 0.1) is 0 Å². The largest absolute Gasteiger partial charge is 0.354 e. The lowest BCUT2D eigenvalue weighted by atomic mass is 10.2. The average Bonchev–Trinajstić information content (AvgIpc) is 2.44. The number of rotatable bonds is 1. The topological polar surface area (TPSA) is 50.9 Å². The maximum Gasteiger partial charge on any atom is 0.354 e. The van der Waals surface area contributed by atoms with Crippen LogP contribution in [0.25, 0.3) is 10.2 Å². The summed E-state index contributed by atoms with van der Waals surface area (Å²) >= 11 is 0. The third-order valence-electron chi connectivity index (χ3n) is 2.08. The first-order chi connectivity index (χ1) is 6.22. The Morgan fingerprint density at radius 2 is 2.23 bits per heavy atom. The lowest BCUT2D eigenvalue weighted by molar-refractivity contribution is 1.31. The van der Waals surface area contributed by atoms with E-state index in [1.54, 1.807) is 0 Å². The van der Waals surface area contributed by atoms with Crippen molar-refractivity contribution < 1.29 is 0 Å². The monoisotopic (exact) mass is 194 g/mol. The first-order valence-electron chi connectivity index (χ1n) is 4.04. The summed E-state index contributed by atoms with van der Waals surface area (Å²) in [7, 11) is 0.0180. The Kier molecular flexibility index (Phi) is 1.94. The van der Waals surface area contributed by atoms with Gasteiger partial charge < -0.3 is 0 Å². The van der Waals surface area contributed by atoms with Gasteiger partial charge in [-0.15, -0.1) is 0 Å². The van der Waals surface area contributed by atoms with E-state index in [2.05, 4.69) is 35.7 Å². The fourth-order valence-corrected chi connectivity index (χ4v) is 2.77. The summed E-state index contributed by atoms with van der Waals surface area (Å²) in [4.78, 5) is 4.39. The van der Waals surface area contributed by atoms with Gasteiger partial charge in [0.25, 0.3) is 0 Å². The number of anilines is 1. The quantitative estimate of drug-likeness (QED) is 0.415. The van der Waals surface area contributed by atoms with E-state index in [1.165, 1.54) is 10.3 Å². The van der Waals surface area contributed by atoms with E-state index in [9.17, 15) is 0 Å². The van der Waals surface area contributed by atoms with Crippen LogP contribution < -0.4 is 11.3 Å². The minimum Gasteiger partial charge on any atom is -0.263 e. The Bertz CT molecular complexity index is 447. The van der Waals surface area contributed by atoms with Gasteiger partial charge in [-0.1, -0.05) is 6.07 Å². The molecule has 0 bridgehead atoms. The number of benzene rings is 1. The van der Waals surface area contributed by atoms with Gasteiger partial charge in [-0.2, -0.15) is 4.98 Å². The molecule has 3 nitrogen and oxygen atoms in total. The van der Waals surface area contributed by atoms with E-state index in [4.69, 9.17) is 5.84 Å². The molecule has 0 aliphatic carbocycles. The molecule has 0 radical (unpaired) electrons. The van der Waals surface area contributed by atoms with Crippen LogP contribution in [0.2, 0.25) is 0 Å². The molecule has 2 rings (SSSR count). The number of hydrogen-bond acceptors (Lipinski definition) is 3. The number of aromatic nitrogens is 1. The van der Waals surface area contributed by atoms with Crippen molar-refractivity contribution in [3.8, 4) is 0 Å². The van der Waals surface area contributed by atoms with Crippen molar-refractivity contribution in [2.24, 2.45) is 12.1 Å². The number of nitrogens with one attached hydrogen (secondary N) is 1. The van der Waals surface area contributed by atoms with Crippen molar-refractivity contribution in [3.05, 3.63) is 23.8 Å². The highest BCUT2D eigenvalue weighted by Gasteiger charge is 2.16. The summed E-state index contributed by atoms with van der Waals surface area (Å²) in [5, 5.41) is 0.876. The van der Waals surface area contributed by atoms with Crippen molar-refractivity contribution in [3.63, 3.8) is 0 Å². The first kappa shape index (κ1) is 8.47. The van der Waals surface area contributed by atoms with Gasteiger partial charge >= 0.3 is 5.13 Å². The fraction of sp³-hybridized carbons (Fsp3) is 0.222. The number of nitrogens with two attached hydrogens (primary N) is 1. The number of thiazole rings is 1. The molecule has 0 amide bonds. The summed E-state index contributed by atoms with van der Waals surface area (Å²) < 4.78 is 1.29. The van der Waals surface area contributed by atoms with Gasteiger partial charge in [-0.25, -0.2) is 5.84 Å². The molecule has 2 aromatic rings. The molecular formula is C9H12N3S+. The Labute approximate surface area is 79.5 Å². The van der Waals surface area contributed by atoms with Crippen molar-refractivity contribution in [1.82, 2.24) is 4.98 Å². The van der Waals surface area contributed by atoms with E-state index in [0.717, 1.165) is 10.6 Å². The molecule has 0 aliphatic heterocycles. The van der Waals surface area contributed by atoms with Crippen LogP contribution in [0.3, 0.4) is 0 Å². The van der Waals surface area contributed by atoms with Crippen LogP contribution in [0.4, 0.5) is 5.13 Å². The van der Waals surface area contributed by atoms with Gasteiger partial charge in [0, 0.05) is 16.5 Å². The van der Waals surface area contributed by atoms with Crippen LogP contribution in [0.5, 0.6) is 0 Å². The second-order valence-corrected chi connectivity index (χ2v) is 4.89. The highest BCUT2D eigenvalue weighted by Crippen LogP contribution is 2.35. The third kappa shape index (κ3) is 1.28. The van der Waals surface area contributed by atoms with Gasteiger partial charge in [0.2, 0.25) is 4.70 Å². The number of aryl methyl sites for hydroxylation is 2. The lowest BCUT2D eigenvalue weighted by Crippen LogP contribution is -2.06. The zero-order chi connectivity index (χ0) is 9.42. The normalized spacial score (nSPS) is 12.1. The molecule has 0 spiro atoms. The summed E-state index contributed by atoms with van der Waals surface area (Å²) in [6.07, 6.45) is 2.13.